The first kappa shape index (κ1) is 25.4. The van der Waals surface area contributed by atoms with Gasteiger partial charge in [-0.25, -0.2) is 18.7 Å². The van der Waals surface area contributed by atoms with Gasteiger partial charge in [-0.05, 0) is 55.3 Å². The largest absolute Gasteiger partial charge is 0.508 e. The van der Waals surface area contributed by atoms with Gasteiger partial charge in [0.05, 0.1) is 10.9 Å². The van der Waals surface area contributed by atoms with Gasteiger partial charge in [0.25, 0.3) is 0 Å². The van der Waals surface area contributed by atoms with E-state index in [1.807, 2.05) is 6.07 Å². The molecule has 4 aliphatic heterocycles. The molecule has 7 nitrogen and oxygen atoms in total. The zero-order chi connectivity index (χ0) is 28.6. The third-order valence-electron chi connectivity index (χ3n) is 9.37. The van der Waals surface area contributed by atoms with Crippen LogP contribution in [0.2, 0.25) is 0 Å². The predicted octanol–water partition coefficient (Wildman–Crippen LogP) is 4.15. The van der Waals surface area contributed by atoms with E-state index < -0.39 is 17.5 Å². The first-order chi connectivity index (χ1) is 20.4. The standard InChI is InChI=1S/C33H28F2N6O/c1-2-19-5-3-6-20-11-24(42)13-25(28(19)20)30-29(35)31-26(16-37-30)32(41-18-22-12-23(41)15-36-22)39-27(38-31)7-9-33-8-4-10-40(33)17-21(34)14-33/h1,3,5-6,11,13,16,21-23,36,42H,4,8,10,12,14-15,17-18H2/t21-,22+,23+,33-/m1/s1. The molecule has 2 aromatic carbocycles. The number of nitrogens with zero attached hydrogens (tertiary/aromatic N) is 5. The average Bonchev–Trinajstić information content (AvgIpc) is 3.77. The smallest absolute Gasteiger partial charge is 0.207 e. The predicted molar refractivity (Wildman–Crippen MR) is 157 cm³/mol. The van der Waals surface area contributed by atoms with E-state index in [0.717, 1.165) is 38.9 Å². The fourth-order valence-corrected chi connectivity index (χ4v) is 7.51. The average molecular weight is 563 g/mol. The summed E-state index contributed by atoms with van der Waals surface area (Å²) in [6.45, 7) is 2.79. The summed E-state index contributed by atoms with van der Waals surface area (Å²) in [5.74, 6) is 9.29. The Morgan fingerprint density at radius 1 is 1.19 bits per heavy atom. The number of alkyl halides is 1. The van der Waals surface area contributed by atoms with Crippen LogP contribution in [0.3, 0.4) is 0 Å². The molecule has 0 saturated carbocycles. The Balaban J connectivity index is 1.33. The first-order valence-corrected chi connectivity index (χ1v) is 14.4. The zero-order valence-electron chi connectivity index (χ0n) is 22.9. The van der Waals surface area contributed by atoms with E-state index in [1.54, 1.807) is 24.4 Å². The molecule has 9 heteroatoms. The molecule has 0 spiro atoms. The molecule has 2 aromatic heterocycles. The van der Waals surface area contributed by atoms with E-state index in [0.29, 0.717) is 52.1 Å². The molecule has 4 saturated heterocycles. The molecule has 2 bridgehead atoms. The van der Waals surface area contributed by atoms with Crippen molar-refractivity contribution in [2.24, 2.45) is 0 Å². The molecule has 2 N–H and O–H groups in total. The van der Waals surface area contributed by atoms with Crippen LogP contribution in [0.4, 0.5) is 14.6 Å². The van der Waals surface area contributed by atoms with Crippen molar-refractivity contribution in [2.75, 3.05) is 31.1 Å². The van der Waals surface area contributed by atoms with Crippen LogP contribution in [0.25, 0.3) is 32.9 Å². The fourth-order valence-electron chi connectivity index (χ4n) is 7.51. The van der Waals surface area contributed by atoms with Crippen LogP contribution >= 0.6 is 0 Å². The number of hydrogen-bond donors (Lipinski definition) is 2. The van der Waals surface area contributed by atoms with Crippen LogP contribution in [0.1, 0.15) is 37.1 Å². The summed E-state index contributed by atoms with van der Waals surface area (Å²) < 4.78 is 31.1. The van der Waals surface area contributed by atoms with Crippen molar-refractivity contribution in [3.63, 3.8) is 0 Å². The van der Waals surface area contributed by atoms with Crippen molar-refractivity contribution >= 4 is 27.5 Å². The van der Waals surface area contributed by atoms with Crippen molar-refractivity contribution in [1.82, 2.24) is 25.2 Å². The summed E-state index contributed by atoms with van der Waals surface area (Å²) in [4.78, 5) is 18.4. The van der Waals surface area contributed by atoms with E-state index in [1.165, 1.54) is 6.07 Å². The number of aromatic hydroxyl groups is 1. The third-order valence-corrected chi connectivity index (χ3v) is 9.37. The number of hydrogen-bond acceptors (Lipinski definition) is 7. The molecule has 42 heavy (non-hydrogen) atoms. The second-order valence-electron chi connectivity index (χ2n) is 11.9. The molecule has 6 heterocycles. The van der Waals surface area contributed by atoms with Crippen molar-refractivity contribution in [1.29, 1.82) is 0 Å². The van der Waals surface area contributed by atoms with Gasteiger partial charge in [0.1, 0.15) is 28.9 Å². The van der Waals surface area contributed by atoms with E-state index in [2.05, 4.69) is 42.8 Å². The van der Waals surface area contributed by atoms with Gasteiger partial charge < -0.3 is 15.3 Å². The highest BCUT2D eigenvalue weighted by atomic mass is 19.1. The maximum Gasteiger partial charge on any atom is 0.207 e. The number of piperazine rings is 1. The quantitative estimate of drug-likeness (QED) is 0.356. The van der Waals surface area contributed by atoms with Gasteiger partial charge in [0.15, 0.2) is 5.82 Å². The van der Waals surface area contributed by atoms with Gasteiger partial charge in [-0.15, -0.1) is 6.42 Å². The lowest BCUT2D eigenvalue weighted by Crippen LogP contribution is -2.44. The van der Waals surface area contributed by atoms with Gasteiger partial charge in [-0.2, -0.15) is 0 Å². The number of aromatic nitrogens is 3. The topological polar surface area (TPSA) is 77.4 Å². The van der Waals surface area contributed by atoms with Crippen molar-refractivity contribution in [3.05, 3.63) is 53.7 Å². The zero-order valence-corrected chi connectivity index (χ0v) is 22.9. The molecule has 4 aliphatic rings. The van der Waals surface area contributed by atoms with E-state index in [9.17, 15) is 9.50 Å². The summed E-state index contributed by atoms with van der Waals surface area (Å²) in [6.07, 6.45) is 9.62. The molecule has 4 fully saturated rings. The Morgan fingerprint density at radius 3 is 2.90 bits per heavy atom. The number of pyridine rings is 1. The molecule has 4 atom stereocenters. The van der Waals surface area contributed by atoms with Crippen LogP contribution in [-0.4, -0.2) is 74.9 Å². The summed E-state index contributed by atoms with van der Waals surface area (Å²) in [6, 6.07) is 9.06. The number of nitrogens with one attached hydrogen (secondary N) is 1. The maximum absolute atomic E-state index is 16.7. The Morgan fingerprint density at radius 2 is 2.10 bits per heavy atom. The molecule has 0 unspecified atom stereocenters. The van der Waals surface area contributed by atoms with Gasteiger partial charge >= 0.3 is 0 Å². The van der Waals surface area contributed by atoms with Gasteiger partial charge in [0, 0.05) is 60.8 Å². The summed E-state index contributed by atoms with van der Waals surface area (Å²) in [5.41, 5.74) is 0.576. The van der Waals surface area contributed by atoms with Crippen molar-refractivity contribution in [3.8, 4) is 41.2 Å². The van der Waals surface area contributed by atoms with Crippen LogP contribution in [0.5, 0.6) is 5.75 Å². The highest BCUT2D eigenvalue weighted by Gasteiger charge is 2.47. The number of fused-ring (bicyclic) bond motifs is 5. The maximum atomic E-state index is 16.7. The molecular weight excluding hydrogens is 534 g/mol. The monoisotopic (exact) mass is 562 g/mol. The summed E-state index contributed by atoms with van der Waals surface area (Å²) in [5, 5.41) is 15.8. The minimum Gasteiger partial charge on any atom is -0.508 e. The van der Waals surface area contributed by atoms with Gasteiger partial charge in [-0.1, -0.05) is 24.0 Å². The number of phenolic OH excluding ortho intramolecular Hbond substituents is 1. The van der Waals surface area contributed by atoms with Gasteiger partial charge in [-0.3, -0.25) is 9.88 Å². The van der Waals surface area contributed by atoms with E-state index >= 15 is 4.39 Å². The number of terminal acetylenes is 1. The fraction of sp³-hybridized carbons (Fsp3) is 0.364. The van der Waals surface area contributed by atoms with Crippen LogP contribution in [0.15, 0.2) is 36.5 Å². The van der Waals surface area contributed by atoms with Crippen molar-refractivity contribution in [2.45, 2.75) is 49.5 Å². The summed E-state index contributed by atoms with van der Waals surface area (Å²) in [7, 11) is 0. The molecule has 0 radical (unpaired) electrons. The van der Waals surface area contributed by atoms with Crippen molar-refractivity contribution < 1.29 is 13.9 Å². The Kier molecular flexibility index (Phi) is 5.66. The number of rotatable bonds is 2. The lowest BCUT2D eigenvalue weighted by molar-refractivity contribution is 0.255. The minimum absolute atomic E-state index is 0.0217. The van der Waals surface area contributed by atoms with E-state index in [-0.39, 0.29) is 28.8 Å². The molecule has 8 rings (SSSR count). The highest BCUT2D eigenvalue weighted by molar-refractivity contribution is 6.02. The Hall–Kier alpha value is -4.31. The minimum atomic E-state index is -0.906. The van der Waals surface area contributed by atoms with E-state index in [4.69, 9.17) is 11.4 Å². The van der Waals surface area contributed by atoms with Gasteiger partial charge in [0.2, 0.25) is 5.82 Å². The Labute approximate surface area is 242 Å². The first-order valence-electron chi connectivity index (χ1n) is 14.4. The Bertz CT molecular complexity index is 1890. The second-order valence-corrected chi connectivity index (χ2v) is 11.9. The molecule has 210 valence electrons. The number of phenols is 1. The second kappa shape index (κ2) is 9.35. The highest BCUT2D eigenvalue weighted by Crippen LogP contribution is 2.41. The molecule has 4 aromatic rings. The summed E-state index contributed by atoms with van der Waals surface area (Å²) >= 11 is 0. The SMILES string of the molecule is C#Cc1cccc2cc(O)cc(-c3ncc4c(N5C[C@@H]6C[C@H]5CN6)nc(C#C[C@@]56CCCN5C[C@H](F)C6)nc4c3F)c12. The molecule has 0 amide bonds. The normalized spacial score (nSPS) is 26.5. The molecule has 0 aliphatic carbocycles. The number of halogens is 2. The third kappa shape index (κ3) is 3.84. The lowest BCUT2D eigenvalue weighted by atomic mass is 9.94. The number of anilines is 1. The lowest BCUT2D eigenvalue weighted by Gasteiger charge is -2.29. The van der Waals surface area contributed by atoms with Crippen LogP contribution in [-0.2, 0) is 0 Å². The number of benzene rings is 2. The van der Waals surface area contributed by atoms with Crippen LogP contribution < -0.4 is 10.2 Å². The molecular formula is C33H28F2N6O. The van der Waals surface area contributed by atoms with Crippen LogP contribution in [0, 0.1) is 30.0 Å².